The summed E-state index contributed by atoms with van der Waals surface area (Å²) in [6, 6.07) is 13.4. The van der Waals surface area contributed by atoms with Crippen LogP contribution in [0.2, 0.25) is 0 Å². The van der Waals surface area contributed by atoms with Gasteiger partial charge in [-0.25, -0.2) is 4.39 Å². The molecule has 0 radical (unpaired) electrons. The molecule has 4 nitrogen and oxygen atoms in total. The largest absolute Gasteiger partial charge is 0.322 e. The first-order valence-electron chi connectivity index (χ1n) is 7.63. The van der Waals surface area contributed by atoms with E-state index in [2.05, 4.69) is 5.32 Å². The lowest BCUT2D eigenvalue weighted by atomic mass is 10.1. The van der Waals surface area contributed by atoms with Gasteiger partial charge in [0, 0.05) is 11.4 Å². The third-order valence-electron chi connectivity index (χ3n) is 3.99. The van der Waals surface area contributed by atoms with E-state index in [1.807, 2.05) is 31.2 Å². The maximum atomic E-state index is 13.8. The quantitative estimate of drug-likeness (QED) is 0.864. The van der Waals surface area contributed by atoms with Crippen molar-refractivity contribution in [2.24, 2.45) is 0 Å². The van der Waals surface area contributed by atoms with E-state index in [1.54, 1.807) is 24.0 Å². The molecule has 0 spiro atoms. The first kappa shape index (κ1) is 16.5. The van der Waals surface area contributed by atoms with E-state index in [-0.39, 0.29) is 11.6 Å². The van der Waals surface area contributed by atoms with Crippen LogP contribution in [0.5, 0.6) is 0 Å². The third-order valence-corrected chi connectivity index (χ3v) is 5.33. The Morgan fingerprint density at radius 2 is 1.88 bits per heavy atom. The summed E-state index contributed by atoms with van der Waals surface area (Å²) >= 11 is 1.19. The van der Waals surface area contributed by atoms with E-state index in [0.717, 1.165) is 10.6 Å². The van der Waals surface area contributed by atoms with Crippen LogP contribution in [0.3, 0.4) is 0 Å². The summed E-state index contributed by atoms with van der Waals surface area (Å²) in [6.07, 6.45) is 0. The zero-order valence-electron chi connectivity index (χ0n) is 13.4. The molecule has 24 heavy (non-hydrogen) atoms. The molecule has 1 aliphatic rings. The average Bonchev–Trinajstić information content (AvgIpc) is 2.58. The number of hydrogen-bond acceptors (Lipinski definition) is 3. The van der Waals surface area contributed by atoms with Gasteiger partial charge in [0.25, 0.3) is 5.91 Å². The van der Waals surface area contributed by atoms with Crippen LogP contribution < -0.4 is 10.2 Å². The lowest BCUT2D eigenvalue weighted by Gasteiger charge is -2.38. The molecular weight excluding hydrogens is 327 g/mol. The minimum atomic E-state index is -1.35. The molecule has 0 aromatic heterocycles. The highest BCUT2D eigenvalue weighted by atomic mass is 32.2. The number of carbonyl (C=O) groups is 2. The molecule has 124 valence electrons. The number of halogens is 1. The molecule has 0 saturated heterocycles. The summed E-state index contributed by atoms with van der Waals surface area (Å²) in [6.45, 7) is 3.90. The lowest BCUT2D eigenvalue weighted by molar-refractivity contribution is -0.128. The number of hydrogen-bond donors (Lipinski definition) is 1. The fraction of sp³-hybridized carbons (Fsp3) is 0.222. The van der Waals surface area contributed by atoms with Crippen LogP contribution in [0, 0.1) is 5.82 Å². The first-order chi connectivity index (χ1) is 11.5. The van der Waals surface area contributed by atoms with Gasteiger partial charge in [0.1, 0.15) is 5.82 Å². The molecule has 1 unspecified atom stereocenters. The van der Waals surface area contributed by atoms with Crippen molar-refractivity contribution in [2.75, 3.05) is 16.8 Å². The van der Waals surface area contributed by atoms with Crippen LogP contribution in [0.1, 0.15) is 13.8 Å². The monoisotopic (exact) mass is 344 g/mol. The molecule has 2 aromatic rings. The molecule has 1 atom stereocenters. The van der Waals surface area contributed by atoms with Crippen LogP contribution in [0.15, 0.2) is 53.4 Å². The van der Waals surface area contributed by atoms with Crippen LogP contribution in [0.4, 0.5) is 15.8 Å². The number of carbonyl (C=O) groups excluding carboxylic acids is 2. The molecule has 3 rings (SSSR count). The molecule has 1 N–H and O–H groups in total. The van der Waals surface area contributed by atoms with Gasteiger partial charge in [0.2, 0.25) is 5.91 Å². The predicted octanol–water partition coefficient (Wildman–Crippen LogP) is 3.68. The zero-order valence-corrected chi connectivity index (χ0v) is 14.2. The van der Waals surface area contributed by atoms with Crippen molar-refractivity contribution >= 4 is 35.0 Å². The fourth-order valence-electron chi connectivity index (χ4n) is 2.66. The minimum Gasteiger partial charge on any atom is -0.322 e. The van der Waals surface area contributed by atoms with Gasteiger partial charge in [-0.2, -0.15) is 0 Å². The highest BCUT2D eigenvalue weighted by molar-refractivity contribution is 8.02. The van der Waals surface area contributed by atoms with Crippen LogP contribution in [-0.4, -0.2) is 23.1 Å². The Bertz CT molecular complexity index is 811. The summed E-state index contributed by atoms with van der Waals surface area (Å²) in [7, 11) is 0. The van der Waals surface area contributed by atoms with Gasteiger partial charge >= 0.3 is 0 Å². The number of nitrogens with one attached hydrogen (secondary N) is 1. The Balaban J connectivity index is 1.96. The smallest absolute Gasteiger partial charge is 0.252 e. The Morgan fingerprint density at radius 1 is 1.21 bits per heavy atom. The Morgan fingerprint density at radius 3 is 2.58 bits per heavy atom. The van der Waals surface area contributed by atoms with Gasteiger partial charge in [-0.3, -0.25) is 9.59 Å². The van der Waals surface area contributed by atoms with E-state index in [9.17, 15) is 14.0 Å². The van der Waals surface area contributed by atoms with Gasteiger partial charge in [-0.15, -0.1) is 0 Å². The second kappa shape index (κ2) is 6.28. The normalized spacial score (nSPS) is 19.8. The molecule has 0 aliphatic carbocycles. The van der Waals surface area contributed by atoms with Crippen LogP contribution in [-0.2, 0) is 9.59 Å². The topological polar surface area (TPSA) is 49.4 Å². The van der Waals surface area contributed by atoms with Crippen molar-refractivity contribution in [3.63, 3.8) is 0 Å². The molecule has 0 fully saturated rings. The van der Waals surface area contributed by atoms with Crippen molar-refractivity contribution in [1.82, 2.24) is 0 Å². The molecule has 0 bridgehead atoms. The predicted molar refractivity (Wildman–Crippen MR) is 93.8 cm³/mol. The van der Waals surface area contributed by atoms with E-state index in [1.165, 1.54) is 23.9 Å². The third kappa shape index (κ3) is 2.67. The summed E-state index contributed by atoms with van der Waals surface area (Å²) in [5, 5.41) is 2.54. The molecule has 6 heteroatoms. The van der Waals surface area contributed by atoms with Crippen molar-refractivity contribution in [1.29, 1.82) is 0 Å². The maximum Gasteiger partial charge on any atom is 0.252 e. The van der Waals surface area contributed by atoms with E-state index >= 15 is 0 Å². The average molecular weight is 344 g/mol. The molecule has 2 amide bonds. The molecular formula is C18H17FN2O2S. The molecule has 0 saturated carbocycles. The highest BCUT2D eigenvalue weighted by Gasteiger charge is 2.49. The summed E-state index contributed by atoms with van der Waals surface area (Å²) in [5.74, 6) is -1.37. The second-order valence-electron chi connectivity index (χ2n) is 5.59. The molecule has 1 aliphatic heterocycles. The summed E-state index contributed by atoms with van der Waals surface area (Å²) < 4.78 is 12.4. The Labute approximate surface area is 144 Å². The summed E-state index contributed by atoms with van der Waals surface area (Å²) in [5.41, 5.74) is 0.866. The van der Waals surface area contributed by atoms with Gasteiger partial charge < -0.3 is 10.2 Å². The van der Waals surface area contributed by atoms with Gasteiger partial charge in [-0.1, -0.05) is 36.0 Å². The number of thioether (sulfide) groups is 1. The minimum absolute atomic E-state index is 0.0685. The number of benzene rings is 2. The van der Waals surface area contributed by atoms with Crippen molar-refractivity contribution < 1.29 is 14.0 Å². The van der Waals surface area contributed by atoms with Crippen molar-refractivity contribution in [3.8, 4) is 0 Å². The Kier molecular flexibility index (Phi) is 4.32. The number of rotatable bonds is 3. The van der Waals surface area contributed by atoms with Gasteiger partial charge in [0.15, 0.2) is 4.75 Å². The highest BCUT2D eigenvalue weighted by Crippen LogP contribution is 2.45. The second-order valence-corrected chi connectivity index (χ2v) is 7.05. The number of para-hydroxylation sites is 2. The van der Waals surface area contributed by atoms with Crippen LogP contribution >= 0.6 is 11.8 Å². The zero-order chi connectivity index (χ0) is 17.3. The fourth-order valence-corrected chi connectivity index (χ4v) is 3.87. The maximum absolute atomic E-state index is 13.8. The standard InChI is InChI=1S/C18H17FN2O2S/c1-3-21-14-10-6-7-11-15(14)24-18(2,17(21)23)16(22)20-13-9-5-4-8-12(13)19/h4-11H,3H2,1-2H3,(H,20,22). The SMILES string of the molecule is CCN1C(=O)C(C)(C(=O)Nc2ccccc2F)Sc2ccccc21. The van der Waals surface area contributed by atoms with E-state index in [0.29, 0.717) is 6.54 Å². The van der Waals surface area contributed by atoms with Crippen molar-refractivity contribution in [2.45, 2.75) is 23.5 Å². The number of nitrogens with zero attached hydrogens (tertiary/aromatic N) is 1. The molecule has 1 heterocycles. The lowest BCUT2D eigenvalue weighted by Crippen LogP contribution is -2.54. The Hall–Kier alpha value is -2.34. The first-order valence-corrected chi connectivity index (χ1v) is 8.45. The number of anilines is 2. The number of amides is 2. The van der Waals surface area contributed by atoms with Gasteiger partial charge in [0.05, 0.1) is 11.4 Å². The van der Waals surface area contributed by atoms with Crippen molar-refractivity contribution in [3.05, 3.63) is 54.3 Å². The number of fused-ring (bicyclic) bond motifs is 1. The van der Waals surface area contributed by atoms with E-state index < -0.39 is 16.5 Å². The molecule has 2 aromatic carbocycles. The summed E-state index contributed by atoms with van der Waals surface area (Å²) in [4.78, 5) is 28.1. The van der Waals surface area contributed by atoms with E-state index in [4.69, 9.17) is 0 Å². The van der Waals surface area contributed by atoms with Crippen LogP contribution in [0.25, 0.3) is 0 Å². The van der Waals surface area contributed by atoms with Gasteiger partial charge in [-0.05, 0) is 38.1 Å².